The maximum Gasteiger partial charge on any atom is 0.320 e. The monoisotopic (exact) mass is 481 g/mol. The molecule has 0 amide bonds. The molecule has 35 heavy (non-hydrogen) atoms. The van der Waals surface area contributed by atoms with Crippen LogP contribution in [0, 0.1) is 0 Å². The van der Waals surface area contributed by atoms with Gasteiger partial charge in [-0.3, -0.25) is 0 Å². The van der Waals surface area contributed by atoms with Gasteiger partial charge >= 0.3 is 6.01 Å². The number of aromatic hydroxyl groups is 2. The van der Waals surface area contributed by atoms with Crippen LogP contribution in [-0.4, -0.2) is 46.0 Å². The molecular formula is C27H35N3O5. The van der Waals surface area contributed by atoms with E-state index in [9.17, 15) is 10.2 Å². The minimum atomic E-state index is -0.0329. The Morgan fingerprint density at radius 1 is 0.657 bits per heavy atom. The van der Waals surface area contributed by atoms with Crippen molar-refractivity contribution in [1.29, 1.82) is 0 Å². The maximum atomic E-state index is 10.5. The number of methoxy groups -OCH3 is 2. The molecule has 1 aromatic heterocycles. The van der Waals surface area contributed by atoms with Gasteiger partial charge in [-0.15, -0.1) is 0 Å². The standard InChI is InChI=1S/C27H35N3O5/c1-4-5-6-7-8-9-10-11-16-35-27-29-25(21-14-12-19(33-2)17-23(21)31)28-26(30-27)22-15-13-20(34-3)18-24(22)32/h12-15,17-18,31-32H,4-11,16H2,1-3H3. The first-order chi connectivity index (χ1) is 17.0. The molecule has 0 aliphatic carbocycles. The number of hydrogen-bond donors (Lipinski definition) is 2. The van der Waals surface area contributed by atoms with Gasteiger partial charge in [-0.1, -0.05) is 51.9 Å². The van der Waals surface area contributed by atoms with Crippen LogP contribution in [0.15, 0.2) is 36.4 Å². The molecular weight excluding hydrogens is 446 g/mol. The molecule has 3 rings (SSSR count). The van der Waals surface area contributed by atoms with Gasteiger partial charge in [0, 0.05) is 12.1 Å². The maximum absolute atomic E-state index is 10.5. The number of nitrogens with zero attached hydrogens (tertiary/aromatic N) is 3. The van der Waals surface area contributed by atoms with Crippen LogP contribution in [0.25, 0.3) is 22.8 Å². The summed E-state index contributed by atoms with van der Waals surface area (Å²) < 4.78 is 16.2. The summed E-state index contributed by atoms with van der Waals surface area (Å²) in [5, 5.41) is 21.0. The molecule has 188 valence electrons. The van der Waals surface area contributed by atoms with E-state index >= 15 is 0 Å². The first-order valence-corrected chi connectivity index (χ1v) is 12.2. The van der Waals surface area contributed by atoms with Crippen molar-refractivity contribution in [2.24, 2.45) is 0 Å². The van der Waals surface area contributed by atoms with Crippen LogP contribution < -0.4 is 14.2 Å². The Hall–Kier alpha value is -3.55. The molecule has 0 spiro atoms. The van der Waals surface area contributed by atoms with Crippen LogP contribution in [0.4, 0.5) is 0 Å². The van der Waals surface area contributed by atoms with Crippen LogP contribution >= 0.6 is 0 Å². The van der Waals surface area contributed by atoms with E-state index in [4.69, 9.17) is 14.2 Å². The molecule has 0 saturated heterocycles. The Bertz CT molecular complexity index is 1020. The molecule has 0 atom stereocenters. The average molecular weight is 482 g/mol. The van der Waals surface area contributed by atoms with Gasteiger partial charge in [0.2, 0.25) is 0 Å². The predicted octanol–water partition coefficient (Wildman–Crippen LogP) is 6.15. The molecule has 0 aliphatic rings. The summed E-state index contributed by atoms with van der Waals surface area (Å²) in [4.78, 5) is 13.3. The smallest absolute Gasteiger partial charge is 0.320 e. The summed E-state index contributed by atoms with van der Waals surface area (Å²) in [5.74, 6) is 1.43. The van der Waals surface area contributed by atoms with Gasteiger partial charge in [0.15, 0.2) is 11.6 Å². The van der Waals surface area contributed by atoms with E-state index in [1.54, 1.807) is 24.3 Å². The zero-order valence-electron chi connectivity index (χ0n) is 20.8. The lowest BCUT2D eigenvalue weighted by Crippen LogP contribution is -2.05. The first kappa shape index (κ1) is 26.1. The third kappa shape index (κ3) is 7.47. The number of benzene rings is 2. The van der Waals surface area contributed by atoms with Crippen molar-refractivity contribution in [2.75, 3.05) is 20.8 Å². The second kappa shape index (κ2) is 13.4. The van der Waals surface area contributed by atoms with Crippen molar-refractivity contribution in [3.63, 3.8) is 0 Å². The topological polar surface area (TPSA) is 107 Å². The van der Waals surface area contributed by atoms with E-state index < -0.39 is 0 Å². The SMILES string of the molecule is CCCCCCCCCCOc1nc(-c2ccc(OC)cc2O)nc(-c2ccc(OC)cc2O)n1. The van der Waals surface area contributed by atoms with Crippen molar-refractivity contribution in [3.05, 3.63) is 36.4 Å². The molecule has 2 N–H and O–H groups in total. The molecule has 3 aromatic rings. The lowest BCUT2D eigenvalue weighted by Gasteiger charge is -2.11. The molecule has 0 radical (unpaired) electrons. The molecule has 8 heteroatoms. The Labute approximate surface area is 207 Å². The molecule has 0 unspecified atom stereocenters. The molecule has 2 aromatic carbocycles. The third-order valence-corrected chi connectivity index (χ3v) is 5.74. The van der Waals surface area contributed by atoms with E-state index in [1.807, 2.05) is 0 Å². The fourth-order valence-corrected chi connectivity index (χ4v) is 3.72. The quantitative estimate of drug-likeness (QED) is 0.264. The predicted molar refractivity (Wildman–Crippen MR) is 135 cm³/mol. The van der Waals surface area contributed by atoms with Gasteiger partial charge in [0.25, 0.3) is 0 Å². The number of ether oxygens (including phenoxy) is 3. The van der Waals surface area contributed by atoms with E-state index in [2.05, 4.69) is 21.9 Å². The number of aromatic nitrogens is 3. The number of hydrogen-bond acceptors (Lipinski definition) is 8. The van der Waals surface area contributed by atoms with Gasteiger partial charge < -0.3 is 24.4 Å². The number of rotatable bonds is 14. The van der Waals surface area contributed by atoms with Crippen LogP contribution in [0.1, 0.15) is 58.3 Å². The minimum Gasteiger partial charge on any atom is -0.507 e. The highest BCUT2D eigenvalue weighted by Gasteiger charge is 2.17. The minimum absolute atomic E-state index is 0.0329. The average Bonchev–Trinajstić information content (AvgIpc) is 2.87. The van der Waals surface area contributed by atoms with Crippen molar-refractivity contribution in [3.8, 4) is 51.8 Å². The van der Waals surface area contributed by atoms with Crippen LogP contribution in [0.3, 0.4) is 0 Å². The fourth-order valence-electron chi connectivity index (χ4n) is 3.72. The first-order valence-electron chi connectivity index (χ1n) is 12.2. The Balaban J connectivity index is 1.78. The number of unbranched alkanes of at least 4 members (excludes halogenated alkanes) is 7. The van der Waals surface area contributed by atoms with Crippen molar-refractivity contribution in [2.45, 2.75) is 58.3 Å². The summed E-state index contributed by atoms with van der Waals surface area (Å²) in [7, 11) is 3.05. The zero-order valence-corrected chi connectivity index (χ0v) is 20.8. The highest BCUT2D eigenvalue weighted by molar-refractivity contribution is 5.70. The van der Waals surface area contributed by atoms with Gasteiger partial charge in [-0.2, -0.15) is 9.97 Å². The van der Waals surface area contributed by atoms with E-state index in [1.165, 1.54) is 64.9 Å². The van der Waals surface area contributed by atoms with Crippen molar-refractivity contribution in [1.82, 2.24) is 15.0 Å². The Morgan fingerprint density at radius 3 is 1.60 bits per heavy atom. The second-order valence-electron chi connectivity index (χ2n) is 8.35. The molecule has 1 heterocycles. The number of phenols is 2. The lowest BCUT2D eigenvalue weighted by molar-refractivity contribution is 0.281. The van der Waals surface area contributed by atoms with E-state index in [0.717, 1.165) is 12.8 Å². The Kier molecular flexibility index (Phi) is 9.95. The molecule has 0 saturated carbocycles. The van der Waals surface area contributed by atoms with Crippen molar-refractivity contribution >= 4 is 0 Å². The van der Waals surface area contributed by atoms with Gasteiger partial charge in [0.05, 0.1) is 32.0 Å². The summed E-state index contributed by atoms with van der Waals surface area (Å²) >= 11 is 0. The normalized spacial score (nSPS) is 10.8. The van der Waals surface area contributed by atoms with Gasteiger partial charge in [-0.05, 0) is 30.7 Å². The summed E-state index contributed by atoms with van der Waals surface area (Å²) in [5.41, 5.74) is 0.804. The van der Waals surface area contributed by atoms with Crippen LogP contribution in [0.2, 0.25) is 0 Å². The van der Waals surface area contributed by atoms with Crippen molar-refractivity contribution < 1.29 is 24.4 Å². The second-order valence-corrected chi connectivity index (χ2v) is 8.35. The van der Waals surface area contributed by atoms with Crippen LogP contribution in [0.5, 0.6) is 29.0 Å². The zero-order chi connectivity index (χ0) is 25.0. The summed E-state index contributed by atoms with van der Waals surface area (Å²) in [6.45, 7) is 2.70. The lowest BCUT2D eigenvalue weighted by atomic mass is 10.1. The Morgan fingerprint density at radius 2 is 1.14 bits per heavy atom. The molecule has 0 bridgehead atoms. The summed E-state index contributed by atoms with van der Waals surface area (Å²) in [6, 6.07) is 9.88. The highest BCUT2D eigenvalue weighted by Crippen LogP contribution is 2.35. The molecule has 8 nitrogen and oxygen atoms in total. The van der Waals surface area contributed by atoms with E-state index in [0.29, 0.717) is 29.2 Å². The van der Waals surface area contributed by atoms with Gasteiger partial charge in [0.1, 0.15) is 23.0 Å². The molecule has 0 fully saturated rings. The summed E-state index contributed by atoms with van der Waals surface area (Å²) in [6.07, 6.45) is 9.55. The molecule has 0 aliphatic heterocycles. The third-order valence-electron chi connectivity index (χ3n) is 5.74. The number of phenolic OH excluding ortho intramolecular Hbond substituents is 2. The van der Waals surface area contributed by atoms with Gasteiger partial charge in [-0.25, -0.2) is 4.98 Å². The largest absolute Gasteiger partial charge is 0.507 e. The van der Waals surface area contributed by atoms with E-state index in [-0.39, 0.29) is 29.2 Å². The fraction of sp³-hybridized carbons (Fsp3) is 0.444. The highest BCUT2D eigenvalue weighted by atomic mass is 16.5. The van der Waals surface area contributed by atoms with Crippen LogP contribution in [-0.2, 0) is 0 Å².